The highest BCUT2D eigenvalue weighted by molar-refractivity contribution is 7.92. The molecule has 1 heterocycles. The summed E-state index contributed by atoms with van der Waals surface area (Å²) < 4.78 is 29.3. The van der Waals surface area contributed by atoms with E-state index in [-0.39, 0.29) is 10.8 Å². The molecule has 0 saturated heterocycles. The summed E-state index contributed by atoms with van der Waals surface area (Å²) in [6.07, 6.45) is 3.49. The summed E-state index contributed by atoms with van der Waals surface area (Å²) in [5.74, 6) is -0.309. The monoisotopic (exact) mass is 452 g/mol. The molecule has 0 saturated carbocycles. The van der Waals surface area contributed by atoms with Gasteiger partial charge < -0.3 is 5.32 Å². The highest BCUT2D eigenvalue weighted by Gasteiger charge is 2.16. The zero-order chi connectivity index (χ0) is 21.8. The molecule has 7 nitrogen and oxygen atoms in total. The van der Waals surface area contributed by atoms with Gasteiger partial charge in [0, 0.05) is 23.6 Å². The fraction of sp³-hybridized carbons (Fsp3) is 0. The van der Waals surface area contributed by atoms with Crippen molar-refractivity contribution in [2.75, 3.05) is 10.0 Å². The van der Waals surface area contributed by atoms with Gasteiger partial charge >= 0.3 is 0 Å². The van der Waals surface area contributed by atoms with Crippen molar-refractivity contribution in [2.24, 2.45) is 0 Å². The minimum absolute atomic E-state index is 0.0500. The quantitative estimate of drug-likeness (QED) is 0.448. The lowest BCUT2D eigenvalue weighted by Crippen LogP contribution is -2.14. The molecule has 156 valence electrons. The van der Waals surface area contributed by atoms with Crippen LogP contribution in [0, 0.1) is 0 Å². The second-order valence-electron chi connectivity index (χ2n) is 6.56. The SMILES string of the molecule is O=C(Nc1ccc(S(=O)(=O)Nc2ccccc2Cl)cc1)c1ccc(-n2cccn2)cc1. The van der Waals surface area contributed by atoms with Crippen LogP contribution in [0.3, 0.4) is 0 Å². The summed E-state index contributed by atoms with van der Waals surface area (Å²) in [5.41, 5.74) is 2.06. The summed E-state index contributed by atoms with van der Waals surface area (Å²) in [7, 11) is -3.81. The maximum atomic E-state index is 12.6. The largest absolute Gasteiger partial charge is 0.322 e. The molecule has 0 atom stereocenters. The zero-order valence-corrected chi connectivity index (χ0v) is 17.6. The number of rotatable bonds is 6. The fourth-order valence-corrected chi connectivity index (χ4v) is 4.17. The van der Waals surface area contributed by atoms with E-state index >= 15 is 0 Å². The van der Waals surface area contributed by atoms with Crippen LogP contribution in [-0.2, 0) is 10.0 Å². The molecule has 0 aliphatic rings. The average molecular weight is 453 g/mol. The Morgan fingerprint density at radius 3 is 2.26 bits per heavy atom. The second kappa shape index (κ2) is 8.63. The average Bonchev–Trinajstić information content (AvgIpc) is 3.31. The second-order valence-corrected chi connectivity index (χ2v) is 8.65. The zero-order valence-electron chi connectivity index (χ0n) is 16.1. The van der Waals surface area contributed by atoms with Crippen LogP contribution < -0.4 is 10.0 Å². The van der Waals surface area contributed by atoms with Crippen molar-refractivity contribution in [3.05, 3.63) is 102 Å². The number of hydrogen-bond donors (Lipinski definition) is 2. The molecule has 0 aliphatic carbocycles. The number of amides is 1. The molecule has 4 aromatic rings. The van der Waals surface area contributed by atoms with Gasteiger partial charge in [0.15, 0.2) is 0 Å². The molecule has 0 fully saturated rings. The molecule has 0 radical (unpaired) electrons. The Labute approximate surface area is 184 Å². The third-order valence-corrected chi connectivity index (χ3v) is 6.15. The number of carbonyl (C=O) groups is 1. The maximum absolute atomic E-state index is 12.6. The lowest BCUT2D eigenvalue weighted by Gasteiger charge is -2.11. The molecule has 31 heavy (non-hydrogen) atoms. The lowest BCUT2D eigenvalue weighted by molar-refractivity contribution is 0.102. The van der Waals surface area contributed by atoms with E-state index in [1.165, 1.54) is 24.3 Å². The van der Waals surface area contributed by atoms with Gasteiger partial charge in [-0.15, -0.1) is 0 Å². The summed E-state index contributed by atoms with van der Waals surface area (Å²) in [4.78, 5) is 12.5. The van der Waals surface area contributed by atoms with Gasteiger partial charge in [0.1, 0.15) is 0 Å². The van der Waals surface area contributed by atoms with Gasteiger partial charge in [0.2, 0.25) is 0 Å². The topological polar surface area (TPSA) is 93.1 Å². The Bertz CT molecular complexity index is 1300. The minimum atomic E-state index is -3.81. The van der Waals surface area contributed by atoms with Gasteiger partial charge in [-0.1, -0.05) is 23.7 Å². The third kappa shape index (κ3) is 4.76. The summed E-state index contributed by atoms with van der Waals surface area (Å²) in [6.45, 7) is 0. The van der Waals surface area contributed by atoms with E-state index in [0.717, 1.165) is 5.69 Å². The van der Waals surface area contributed by atoms with E-state index in [4.69, 9.17) is 11.6 Å². The number of nitrogens with zero attached hydrogens (tertiary/aromatic N) is 2. The van der Waals surface area contributed by atoms with Crippen molar-refractivity contribution in [1.29, 1.82) is 0 Å². The molecule has 0 spiro atoms. The van der Waals surface area contributed by atoms with Crippen molar-refractivity contribution >= 4 is 38.9 Å². The van der Waals surface area contributed by atoms with Crippen molar-refractivity contribution in [3.8, 4) is 5.69 Å². The van der Waals surface area contributed by atoms with Crippen LogP contribution in [0.25, 0.3) is 5.69 Å². The van der Waals surface area contributed by atoms with Crippen LogP contribution in [0.15, 0.2) is 96.2 Å². The number of para-hydroxylation sites is 1. The van der Waals surface area contributed by atoms with E-state index in [1.807, 2.05) is 12.3 Å². The van der Waals surface area contributed by atoms with Crippen molar-refractivity contribution in [2.45, 2.75) is 4.90 Å². The summed E-state index contributed by atoms with van der Waals surface area (Å²) in [5, 5.41) is 7.19. The van der Waals surface area contributed by atoms with Crippen molar-refractivity contribution in [3.63, 3.8) is 0 Å². The molecule has 3 aromatic carbocycles. The van der Waals surface area contributed by atoms with E-state index in [9.17, 15) is 13.2 Å². The number of aromatic nitrogens is 2. The predicted octanol–water partition coefficient (Wildman–Crippen LogP) is 4.58. The van der Waals surface area contributed by atoms with Gasteiger partial charge in [0.25, 0.3) is 15.9 Å². The van der Waals surface area contributed by atoms with Crippen molar-refractivity contribution < 1.29 is 13.2 Å². The first-order valence-corrected chi connectivity index (χ1v) is 11.1. The predicted molar refractivity (Wildman–Crippen MR) is 120 cm³/mol. The van der Waals surface area contributed by atoms with E-state index in [2.05, 4.69) is 15.1 Å². The molecule has 1 amide bonds. The number of carbonyl (C=O) groups excluding carboxylic acids is 1. The number of benzene rings is 3. The third-order valence-electron chi connectivity index (χ3n) is 4.44. The van der Waals surface area contributed by atoms with Crippen LogP contribution in [0.5, 0.6) is 0 Å². The first-order chi connectivity index (χ1) is 14.9. The molecule has 9 heteroatoms. The van der Waals surface area contributed by atoms with E-state index in [0.29, 0.717) is 22.0 Å². The number of anilines is 2. The Morgan fingerprint density at radius 2 is 1.61 bits per heavy atom. The molecule has 2 N–H and O–H groups in total. The number of sulfonamides is 1. The molecule has 0 aliphatic heterocycles. The molecule has 4 rings (SSSR count). The first kappa shape index (κ1) is 20.6. The summed E-state index contributed by atoms with van der Waals surface area (Å²) in [6, 6.07) is 21.2. The van der Waals surface area contributed by atoms with Gasteiger partial charge in [-0.2, -0.15) is 5.10 Å². The smallest absolute Gasteiger partial charge is 0.261 e. The van der Waals surface area contributed by atoms with E-state index in [1.54, 1.807) is 59.4 Å². The van der Waals surface area contributed by atoms with Crippen LogP contribution in [-0.4, -0.2) is 24.1 Å². The number of nitrogens with one attached hydrogen (secondary N) is 2. The van der Waals surface area contributed by atoms with Crippen LogP contribution >= 0.6 is 11.6 Å². The Morgan fingerprint density at radius 1 is 0.903 bits per heavy atom. The maximum Gasteiger partial charge on any atom is 0.261 e. The first-order valence-electron chi connectivity index (χ1n) is 9.21. The number of hydrogen-bond acceptors (Lipinski definition) is 4. The van der Waals surface area contributed by atoms with Gasteiger partial charge in [-0.05, 0) is 66.7 Å². The van der Waals surface area contributed by atoms with Crippen LogP contribution in [0.4, 0.5) is 11.4 Å². The lowest BCUT2D eigenvalue weighted by atomic mass is 10.2. The molecule has 0 unspecified atom stereocenters. The molecular weight excluding hydrogens is 436 g/mol. The normalized spacial score (nSPS) is 11.1. The Kier molecular flexibility index (Phi) is 5.75. The van der Waals surface area contributed by atoms with Gasteiger partial charge in [-0.25, -0.2) is 13.1 Å². The highest BCUT2D eigenvalue weighted by Crippen LogP contribution is 2.24. The van der Waals surface area contributed by atoms with Crippen LogP contribution in [0.1, 0.15) is 10.4 Å². The van der Waals surface area contributed by atoms with Crippen LogP contribution in [0.2, 0.25) is 5.02 Å². The van der Waals surface area contributed by atoms with Gasteiger partial charge in [-0.3, -0.25) is 9.52 Å². The highest BCUT2D eigenvalue weighted by atomic mass is 35.5. The Hall–Kier alpha value is -3.62. The molecule has 0 bridgehead atoms. The molecule has 1 aromatic heterocycles. The van der Waals surface area contributed by atoms with E-state index < -0.39 is 10.0 Å². The Balaban J connectivity index is 1.44. The fourth-order valence-electron chi connectivity index (χ4n) is 2.86. The summed E-state index contributed by atoms with van der Waals surface area (Å²) >= 11 is 6.02. The van der Waals surface area contributed by atoms with Gasteiger partial charge in [0.05, 0.1) is 21.3 Å². The minimum Gasteiger partial charge on any atom is -0.322 e. The molecular formula is C22H17ClN4O3S. The van der Waals surface area contributed by atoms with Crippen molar-refractivity contribution in [1.82, 2.24) is 9.78 Å². The standard InChI is InChI=1S/C22H17ClN4O3S/c23-20-4-1-2-5-21(20)26-31(29,30)19-12-8-17(9-13-19)25-22(28)16-6-10-18(11-7-16)27-15-3-14-24-27/h1-15,26H,(H,25,28). The number of halogens is 1.